The molecule has 146 valence electrons. The molecule has 27 heavy (non-hydrogen) atoms. The molecule has 0 radical (unpaired) electrons. The van der Waals surface area contributed by atoms with E-state index in [0.29, 0.717) is 37.7 Å². The number of benzene rings is 2. The van der Waals surface area contributed by atoms with Gasteiger partial charge in [-0.1, -0.05) is 0 Å². The molecule has 1 heterocycles. The number of ether oxygens (including phenoxy) is 2. The number of nitrogens with zero attached hydrogens (tertiary/aromatic N) is 2. The van der Waals surface area contributed by atoms with Crippen molar-refractivity contribution >= 4 is 15.7 Å². The maximum Gasteiger partial charge on any atom is 0.217 e. The Kier molecular flexibility index (Phi) is 6.18. The SMILES string of the molecule is COc1ccc(OCCS(=O)(=O)N2CCN(c3ccc(F)cc3)CC2)cc1. The first kappa shape index (κ1) is 19.4. The van der Waals surface area contributed by atoms with E-state index in [0.717, 1.165) is 5.69 Å². The third-order valence-corrected chi connectivity index (χ3v) is 6.33. The summed E-state index contributed by atoms with van der Waals surface area (Å²) in [6, 6.07) is 13.3. The smallest absolute Gasteiger partial charge is 0.217 e. The Balaban J connectivity index is 1.48. The second kappa shape index (κ2) is 8.58. The summed E-state index contributed by atoms with van der Waals surface area (Å²) in [4.78, 5) is 2.05. The Hall–Kier alpha value is -2.32. The van der Waals surface area contributed by atoms with Crippen LogP contribution in [0.5, 0.6) is 11.5 Å². The van der Waals surface area contributed by atoms with Crippen LogP contribution in [-0.2, 0) is 10.0 Å². The minimum absolute atomic E-state index is 0.0738. The van der Waals surface area contributed by atoms with Gasteiger partial charge in [-0.15, -0.1) is 0 Å². The second-order valence-electron chi connectivity index (χ2n) is 6.20. The Morgan fingerprint density at radius 1 is 0.926 bits per heavy atom. The molecule has 0 amide bonds. The summed E-state index contributed by atoms with van der Waals surface area (Å²) >= 11 is 0. The fourth-order valence-electron chi connectivity index (χ4n) is 2.94. The number of sulfonamides is 1. The summed E-state index contributed by atoms with van der Waals surface area (Å²) in [5, 5.41) is 0. The summed E-state index contributed by atoms with van der Waals surface area (Å²) in [6.45, 7) is 2.05. The van der Waals surface area contributed by atoms with E-state index in [-0.39, 0.29) is 18.2 Å². The zero-order valence-electron chi connectivity index (χ0n) is 15.2. The van der Waals surface area contributed by atoms with Gasteiger partial charge >= 0.3 is 0 Å². The van der Waals surface area contributed by atoms with Crippen molar-refractivity contribution in [1.29, 1.82) is 0 Å². The lowest BCUT2D eigenvalue weighted by atomic mass is 10.2. The largest absolute Gasteiger partial charge is 0.497 e. The number of anilines is 1. The molecular weight excluding hydrogens is 371 g/mol. The number of rotatable bonds is 7. The van der Waals surface area contributed by atoms with Gasteiger partial charge in [0.15, 0.2) is 0 Å². The van der Waals surface area contributed by atoms with Crippen molar-refractivity contribution in [3.8, 4) is 11.5 Å². The molecule has 2 aromatic rings. The van der Waals surface area contributed by atoms with Gasteiger partial charge < -0.3 is 14.4 Å². The predicted octanol–water partition coefficient (Wildman–Crippen LogP) is 2.37. The Morgan fingerprint density at radius 2 is 1.52 bits per heavy atom. The van der Waals surface area contributed by atoms with Gasteiger partial charge in [0, 0.05) is 31.9 Å². The first-order chi connectivity index (χ1) is 13.0. The quantitative estimate of drug-likeness (QED) is 0.722. The monoisotopic (exact) mass is 394 g/mol. The van der Waals surface area contributed by atoms with Crippen LogP contribution in [0.25, 0.3) is 0 Å². The molecule has 1 aliphatic rings. The molecular formula is C19H23FN2O4S. The van der Waals surface area contributed by atoms with E-state index in [1.807, 2.05) is 0 Å². The van der Waals surface area contributed by atoms with Crippen LogP contribution in [0.1, 0.15) is 0 Å². The van der Waals surface area contributed by atoms with Gasteiger partial charge in [-0.25, -0.2) is 12.8 Å². The molecule has 0 N–H and O–H groups in total. The second-order valence-corrected chi connectivity index (χ2v) is 8.29. The minimum Gasteiger partial charge on any atom is -0.497 e. The van der Waals surface area contributed by atoms with Crippen LogP contribution < -0.4 is 14.4 Å². The third-order valence-electron chi connectivity index (χ3n) is 4.49. The van der Waals surface area contributed by atoms with E-state index >= 15 is 0 Å². The number of hydrogen-bond acceptors (Lipinski definition) is 5. The summed E-state index contributed by atoms with van der Waals surface area (Å²) in [5.74, 6) is 0.966. The van der Waals surface area contributed by atoms with Crippen LogP contribution in [-0.4, -0.2) is 58.4 Å². The molecule has 0 aliphatic carbocycles. The molecule has 0 saturated carbocycles. The molecule has 0 bridgehead atoms. The summed E-state index contributed by atoms with van der Waals surface area (Å²) < 4.78 is 50.2. The highest BCUT2D eigenvalue weighted by Crippen LogP contribution is 2.19. The summed E-state index contributed by atoms with van der Waals surface area (Å²) in [6.07, 6.45) is 0. The van der Waals surface area contributed by atoms with Gasteiger partial charge in [-0.2, -0.15) is 4.31 Å². The molecule has 0 aromatic heterocycles. The maximum atomic E-state index is 13.0. The maximum absolute atomic E-state index is 13.0. The van der Waals surface area contributed by atoms with Crippen LogP contribution >= 0.6 is 0 Å². The normalized spacial score (nSPS) is 15.6. The van der Waals surface area contributed by atoms with Crippen LogP contribution in [0.15, 0.2) is 48.5 Å². The molecule has 6 nitrogen and oxygen atoms in total. The zero-order valence-corrected chi connectivity index (χ0v) is 16.0. The first-order valence-electron chi connectivity index (χ1n) is 8.73. The molecule has 0 unspecified atom stereocenters. The standard InChI is InChI=1S/C19H23FN2O4S/c1-25-18-6-8-19(9-7-18)26-14-15-27(23,24)22-12-10-21(11-13-22)17-4-2-16(20)3-5-17/h2-9H,10-15H2,1H3. The molecule has 1 aliphatic heterocycles. The topological polar surface area (TPSA) is 59.1 Å². The van der Waals surface area contributed by atoms with E-state index in [1.165, 1.54) is 16.4 Å². The highest BCUT2D eigenvalue weighted by Gasteiger charge is 2.27. The number of piperazine rings is 1. The first-order valence-corrected chi connectivity index (χ1v) is 10.3. The highest BCUT2D eigenvalue weighted by molar-refractivity contribution is 7.89. The van der Waals surface area contributed by atoms with Crippen LogP contribution in [0.3, 0.4) is 0 Å². The van der Waals surface area contributed by atoms with Crippen molar-refractivity contribution in [1.82, 2.24) is 4.31 Å². The van der Waals surface area contributed by atoms with E-state index in [4.69, 9.17) is 9.47 Å². The van der Waals surface area contributed by atoms with Crippen LogP contribution in [0, 0.1) is 5.82 Å². The lowest BCUT2D eigenvalue weighted by Crippen LogP contribution is -2.49. The van der Waals surface area contributed by atoms with Crippen molar-refractivity contribution in [2.75, 3.05) is 50.5 Å². The lowest BCUT2D eigenvalue weighted by Gasteiger charge is -2.35. The van der Waals surface area contributed by atoms with E-state index < -0.39 is 10.0 Å². The van der Waals surface area contributed by atoms with Crippen molar-refractivity contribution in [2.45, 2.75) is 0 Å². The molecule has 0 spiro atoms. The number of hydrogen-bond donors (Lipinski definition) is 0. The highest BCUT2D eigenvalue weighted by atomic mass is 32.2. The van der Waals surface area contributed by atoms with Gasteiger partial charge in [0.2, 0.25) is 10.0 Å². The molecule has 3 rings (SSSR count). The van der Waals surface area contributed by atoms with Gasteiger partial charge in [-0.3, -0.25) is 0 Å². The van der Waals surface area contributed by atoms with E-state index in [9.17, 15) is 12.8 Å². The molecule has 1 saturated heterocycles. The van der Waals surface area contributed by atoms with E-state index in [2.05, 4.69) is 4.90 Å². The van der Waals surface area contributed by atoms with Crippen LogP contribution in [0.4, 0.5) is 10.1 Å². The van der Waals surface area contributed by atoms with Crippen molar-refractivity contribution in [2.24, 2.45) is 0 Å². The third kappa shape index (κ3) is 5.11. The number of methoxy groups -OCH3 is 1. The minimum atomic E-state index is -3.38. The summed E-state index contributed by atoms with van der Waals surface area (Å²) in [5.41, 5.74) is 0.899. The van der Waals surface area contributed by atoms with Gasteiger partial charge in [-0.05, 0) is 48.5 Å². The fraction of sp³-hybridized carbons (Fsp3) is 0.368. The summed E-state index contributed by atoms with van der Waals surface area (Å²) in [7, 11) is -1.80. The molecule has 2 aromatic carbocycles. The molecule has 0 atom stereocenters. The van der Waals surface area contributed by atoms with Gasteiger partial charge in [0.1, 0.15) is 23.9 Å². The fourth-order valence-corrected chi connectivity index (χ4v) is 4.21. The van der Waals surface area contributed by atoms with Crippen molar-refractivity contribution in [3.05, 3.63) is 54.3 Å². The Labute approximate surface area is 159 Å². The predicted molar refractivity (Wildman–Crippen MR) is 102 cm³/mol. The Bertz CT molecular complexity index is 833. The van der Waals surface area contributed by atoms with E-state index in [1.54, 1.807) is 43.5 Å². The van der Waals surface area contributed by atoms with Gasteiger partial charge in [0.05, 0.1) is 12.9 Å². The zero-order chi connectivity index (χ0) is 19.3. The van der Waals surface area contributed by atoms with Crippen molar-refractivity contribution < 1.29 is 22.3 Å². The van der Waals surface area contributed by atoms with Gasteiger partial charge in [0.25, 0.3) is 0 Å². The molecule has 1 fully saturated rings. The molecule has 8 heteroatoms. The average Bonchev–Trinajstić information content (AvgIpc) is 2.69. The lowest BCUT2D eigenvalue weighted by molar-refractivity contribution is 0.330. The van der Waals surface area contributed by atoms with Crippen molar-refractivity contribution in [3.63, 3.8) is 0 Å². The number of halogens is 1. The Morgan fingerprint density at radius 3 is 2.11 bits per heavy atom. The van der Waals surface area contributed by atoms with Crippen LogP contribution in [0.2, 0.25) is 0 Å². The average molecular weight is 394 g/mol.